The van der Waals surface area contributed by atoms with Gasteiger partial charge in [-0.25, -0.2) is 0 Å². The van der Waals surface area contributed by atoms with Crippen LogP contribution in [0.4, 0.5) is 0 Å². The second kappa shape index (κ2) is 7.28. The van der Waals surface area contributed by atoms with E-state index in [0.29, 0.717) is 19.5 Å². The van der Waals surface area contributed by atoms with Crippen LogP contribution in [0.3, 0.4) is 0 Å². The first-order chi connectivity index (χ1) is 6.65. The summed E-state index contributed by atoms with van der Waals surface area (Å²) in [5.41, 5.74) is 0. The van der Waals surface area contributed by atoms with Crippen molar-refractivity contribution < 1.29 is 19.8 Å². The minimum absolute atomic E-state index is 0.0650. The van der Waals surface area contributed by atoms with Gasteiger partial charge in [-0.05, 0) is 6.54 Å². The van der Waals surface area contributed by atoms with Crippen LogP contribution >= 0.6 is 0 Å². The molecule has 1 unspecified atom stereocenters. The number of carboxylic acids is 1. The van der Waals surface area contributed by atoms with Crippen LogP contribution in [-0.2, 0) is 9.59 Å². The fourth-order valence-electron chi connectivity index (χ4n) is 1.20. The van der Waals surface area contributed by atoms with Crippen LogP contribution in [0, 0.1) is 0 Å². The van der Waals surface area contributed by atoms with Crippen molar-refractivity contribution in [2.45, 2.75) is 19.5 Å². The normalized spacial score (nSPS) is 12.5. The quantitative estimate of drug-likeness (QED) is 0.343. The Morgan fingerprint density at radius 3 is 2.64 bits per heavy atom. The lowest BCUT2D eigenvalue weighted by atomic mass is 10.3. The minimum atomic E-state index is -0.985. The first kappa shape index (κ1) is 12.9. The van der Waals surface area contributed by atoms with Gasteiger partial charge >= 0.3 is 5.97 Å². The van der Waals surface area contributed by atoms with E-state index in [1.54, 1.807) is 4.90 Å². The molecule has 82 valence electrons. The zero-order valence-electron chi connectivity index (χ0n) is 8.14. The van der Waals surface area contributed by atoms with Gasteiger partial charge in [0.15, 0.2) is 0 Å². The largest absolute Gasteiger partial charge is 0.481 e. The van der Waals surface area contributed by atoms with Gasteiger partial charge in [-0.3, -0.25) is 14.5 Å². The SMILES string of the molecule is CCN(CCO)C(CC(=O)O)NC=O. The second-order valence-electron chi connectivity index (χ2n) is 2.75. The fourth-order valence-corrected chi connectivity index (χ4v) is 1.20. The summed E-state index contributed by atoms with van der Waals surface area (Å²) in [6.07, 6.45) is -0.262. The van der Waals surface area contributed by atoms with Crippen molar-refractivity contribution in [1.29, 1.82) is 0 Å². The number of hydrogen-bond donors (Lipinski definition) is 3. The highest BCUT2D eigenvalue weighted by molar-refractivity contribution is 5.68. The van der Waals surface area contributed by atoms with Crippen LogP contribution in [0.2, 0.25) is 0 Å². The fraction of sp³-hybridized carbons (Fsp3) is 0.750. The van der Waals surface area contributed by atoms with E-state index in [-0.39, 0.29) is 13.0 Å². The Morgan fingerprint density at radius 2 is 2.29 bits per heavy atom. The Balaban J connectivity index is 4.25. The van der Waals surface area contributed by atoms with Crippen LogP contribution < -0.4 is 5.32 Å². The van der Waals surface area contributed by atoms with Crippen molar-refractivity contribution in [1.82, 2.24) is 10.2 Å². The van der Waals surface area contributed by atoms with E-state index >= 15 is 0 Å². The number of nitrogens with zero attached hydrogens (tertiary/aromatic N) is 1. The zero-order valence-corrected chi connectivity index (χ0v) is 8.14. The molecule has 6 nitrogen and oxygen atoms in total. The number of aliphatic carboxylic acids is 1. The summed E-state index contributed by atoms with van der Waals surface area (Å²) in [5.74, 6) is -0.985. The van der Waals surface area contributed by atoms with Gasteiger partial charge < -0.3 is 15.5 Å². The van der Waals surface area contributed by atoms with Gasteiger partial charge in [0.1, 0.15) is 0 Å². The maximum Gasteiger partial charge on any atom is 0.306 e. The minimum Gasteiger partial charge on any atom is -0.481 e. The summed E-state index contributed by atoms with van der Waals surface area (Å²) >= 11 is 0. The third-order valence-corrected chi connectivity index (χ3v) is 1.86. The molecule has 6 heteroatoms. The summed E-state index contributed by atoms with van der Waals surface area (Å²) in [7, 11) is 0. The number of carbonyl (C=O) groups excluding carboxylic acids is 1. The van der Waals surface area contributed by atoms with Crippen LogP contribution in [0.5, 0.6) is 0 Å². The Bertz CT molecular complexity index is 186. The Morgan fingerprint density at radius 1 is 1.64 bits per heavy atom. The highest BCUT2D eigenvalue weighted by Crippen LogP contribution is 2.00. The number of carboxylic acid groups (broad SMARTS) is 1. The highest BCUT2D eigenvalue weighted by Gasteiger charge is 2.18. The molecule has 0 spiro atoms. The van der Waals surface area contributed by atoms with Crippen molar-refractivity contribution >= 4 is 12.4 Å². The van der Waals surface area contributed by atoms with E-state index in [2.05, 4.69) is 5.32 Å². The van der Waals surface area contributed by atoms with E-state index in [0.717, 1.165) is 0 Å². The third-order valence-electron chi connectivity index (χ3n) is 1.86. The van der Waals surface area contributed by atoms with Crippen LogP contribution in [0.1, 0.15) is 13.3 Å². The summed E-state index contributed by atoms with van der Waals surface area (Å²) < 4.78 is 0. The molecule has 0 radical (unpaired) electrons. The molecule has 0 aliphatic rings. The van der Waals surface area contributed by atoms with Crippen molar-refractivity contribution in [3.63, 3.8) is 0 Å². The smallest absolute Gasteiger partial charge is 0.306 e. The Kier molecular flexibility index (Phi) is 6.69. The molecule has 0 aliphatic carbocycles. The molecule has 0 bridgehead atoms. The highest BCUT2D eigenvalue weighted by atomic mass is 16.4. The van der Waals surface area contributed by atoms with E-state index in [1.807, 2.05) is 6.92 Å². The van der Waals surface area contributed by atoms with Crippen molar-refractivity contribution in [2.24, 2.45) is 0 Å². The molecular formula is C8H16N2O4. The predicted molar refractivity (Wildman–Crippen MR) is 49.6 cm³/mol. The van der Waals surface area contributed by atoms with E-state index in [4.69, 9.17) is 10.2 Å². The van der Waals surface area contributed by atoms with Gasteiger partial charge in [-0.15, -0.1) is 0 Å². The number of likely N-dealkylation sites (N-methyl/N-ethyl adjacent to an activating group) is 1. The van der Waals surface area contributed by atoms with Crippen molar-refractivity contribution in [2.75, 3.05) is 19.7 Å². The van der Waals surface area contributed by atoms with Crippen LogP contribution in [0.15, 0.2) is 0 Å². The van der Waals surface area contributed by atoms with Crippen molar-refractivity contribution in [3.8, 4) is 0 Å². The summed E-state index contributed by atoms with van der Waals surface area (Å²) in [5, 5.41) is 19.7. The maximum atomic E-state index is 10.5. The molecule has 0 aliphatic heterocycles. The first-order valence-electron chi connectivity index (χ1n) is 4.42. The number of aliphatic hydroxyl groups excluding tert-OH is 1. The first-order valence-corrected chi connectivity index (χ1v) is 4.42. The molecule has 0 rings (SSSR count). The summed E-state index contributed by atoms with van der Waals surface area (Å²) in [4.78, 5) is 22.4. The number of hydrogen-bond acceptors (Lipinski definition) is 4. The van der Waals surface area contributed by atoms with Gasteiger partial charge in [-0.1, -0.05) is 6.92 Å². The predicted octanol–water partition coefficient (Wildman–Crippen LogP) is -1.15. The van der Waals surface area contributed by atoms with E-state index in [9.17, 15) is 9.59 Å². The summed E-state index contributed by atoms with van der Waals surface area (Å²) in [6.45, 7) is 2.68. The molecule has 0 saturated carbocycles. The van der Waals surface area contributed by atoms with E-state index in [1.165, 1.54) is 0 Å². The topological polar surface area (TPSA) is 89.9 Å². The standard InChI is InChI=1S/C8H16N2O4/c1-2-10(3-4-11)7(9-6-12)5-8(13)14/h6-7,11H,2-5H2,1H3,(H,9,12)(H,13,14). The molecular weight excluding hydrogens is 188 g/mol. The average Bonchev–Trinajstić information content (AvgIpc) is 2.13. The molecule has 3 N–H and O–H groups in total. The maximum absolute atomic E-state index is 10.5. The van der Waals surface area contributed by atoms with E-state index < -0.39 is 12.1 Å². The molecule has 0 saturated heterocycles. The number of amides is 1. The average molecular weight is 204 g/mol. The van der Waals surface area contributed by atoms with Gasteiger partial charge in [0.2, 0.25) is 6.41 Å². The second-order valence-corrected chi connectivity index (χ2v) is 2.75. The summed E-state index contributed by atoms with van der Waals surface area (Å²) in [6, 6.07) is 0. The molecule has 14 heavy (non-hydrogen) atoms. The molecule has 0 aromatic carbocycles. The van der Waals surface area contributed by atoms with Gasteiger partial charge in [0.05, 0.1) is 19.2 Å². The van der Waals surface area contributed by atoms with Crippen LogP contribution in [0.25, 0.3) is 0 Å². The molecule has 1 atom stereocenters. The van der Waals surface area contributed by atoms with Gasteiger partial charge in [-0.2, -0.15) is 0 Å². The lowest BCUT2D eigenvalue weighted by Crippen LogP contribution is -2.47. The molecule has 0 aromatic heterocycles. The van der Waals surface area contributed by atoms with Gasteiger partial charge in [0, 0.05) is 6.54 Å². The number of rotatable bonds is 8. The van der Waals surface area contributed by atoms with Gasteiger partial charge in [0.25, 0.3) is 0 Å². The van der Waals surface area contributed by atoms with Crippen molar-refractivity contribution in [3.05, 3.63) is 0 Å². The lowest BCUT2D eigenvalue weighted by molar-refractivity contribution is -0.138. The lowest BCUT2D eigenvalue weighted by Gasteiger charge is -2.28. The molecule has 0 heterocycles. The monoisotopic (exact) mass is 204 g/mol. The molecule has 0 fully saturated rings. The molecule has 0 aromatic rings. The number of nitrogens with one attached hydrogen (secondary N) is 1. The molecule has 1 amide bonds. The Labute approximate surface area is 82.5 Å². The van der Waals surface area contributed by atoms with Crippen LogP contribution in [-0.4, -0.2) is 53.4 Å². The zero-order chi connectivity index (χ0) is 11.0. The number of carbonyl (C=O) groups is 2. The number of aliphatic hydroxyl groups is 1. The third kappa shape index (κ3) is 4.78. The Hall–Kier alpha value is -1.14.